The number of benzene rings is 1. The van der Waals surface area contributed by atoms with Gasteiger partial charge in [-0.25, -0.2) is 4.39 Å². The molecule has 1 aliphatic carbocycles. The molecular formula is C14H10FN3O3. The number of amides is 1. The summed E-state index contributed by atoms with van der Waals surface area (Å²) in [5.74, 6) is -0.712. The summed E-state index contributed by atoms with van der Waals surface area (Å²) in [6.07, 6.45) is 2.09. The van der Waals surface area contributed by atoms with Crippen LogP contribution in [0.2, 0.25) is 0 Å². The number of carbonyl (C=O) groups excluding carboxylic acids is 2. The molecule has 6 nitrogen and oxygen atoms in total. The largest absolute Gasteiger partial charge is 0.337 e. The molecule has 1 aromatic carbocycles. The Labute approximate surface area is 118 Å². The minimum Gasteiger partial charge on any atom is -0.337 e. The third-order valence-electron chi connectivity index (χ3n) is 3.65. The summed E-state index contributed by atoms with van der Waals surface area (Å²) in [5, 5.41) is 3.87. The van der Waals surface area contributed by atoms with Crippen LogP contribution in [-0.4, -0.2) is 21.8 Å². The highest BCUT2D eigenvalue weighted by atomic mass is 19.1. The number of carbonyl (C=O) groups is 2. The zero-order chi connectivity index (χ0) is 14.6. The standard InChI is InChI=1S/C14H10FN3O3/c15-8-3-4-10-9(5-8)12(19)14(20)18(10)6-11-16-13(17-21-11)7-1-2-7/h3-5,7H,1-2,6H2. The van der Waals surface area contributed by atoms with E-state index in [4.69, 9.17) is 4.52 Å². The van der Waals surface area contributed by atoms with Crippen molar-refractivity contribution < 1.29 is 18.5 Å². The van der Waals surface area contributed by atoms with E-state index in [0.717, 1.165) is 18.9 Å². The van der Waals surface area contributed by atoms with E-state index >= 15 is 0 Å². The summed E-state index contributed by atoms with van der Waals surface area (Å²) in [5.41, 5.74) is 0.444. The fourth-order valence-corrected chi connectivity index (χ4v) is 2.40. The van der Waals surface area contributed by atoms with E-state index < -0.39 is 17.5 Å². The summed E-state index contributed by atoms with van der Waals surface area (Å²) in [4.78, 5) is 29.3. The van der Waals surface area contributed by atoms with E-state index in [1.54, 1.807) is 0 Å². The second-order valence-electron chi connectivity index (χ2n) is 5.20. The summed E-state index contributed by atoms with van der Waals surface area (Å²) >= 11 is 0. The molecule has 1 aromatic heterocycles. The zero-order valence-corrected chi connectivity index (χ0v) is 10.9. The van der Waals surface area contributed by atoms with Gasteiger partial charge in [-0.1, -0.05) is 5.16 Å². The summed E-state index contributed by atoms with van der Waals surface area (Å²) in [6, 6.07) is 3.69. The molecule has 0 spiro atoms. The van der Waals surface area contributed by atoms with Gasteiger partial charge in [0, 0.05) is 5.92 Å². The van der Waals surface area contributed by atoms with E-state index in [-0.39, 0.29) is 18.0 Å². The third-order valence-corrected chi connectivity index (χ3v) is 3.65. The first-order valence-corrected chi connectivity index (χ1v) is 6.61. The number of fused-ring (bicyclic) bond motifs is 1. The molecule has 7 heteroatoms. The zero-order valence-electron chi connectivity index (χ0n) is 10.9. The van der Waals surface area contributed by atoms with Crippen LogP contribution in [0.5, 0.6) is 0 Å². The highest BCUT2D eigenvalue weighted by Gasteiger charge is 2.37. The lowest BCUT2D eigenvalue weighted by molar-refractivity contribution is -0.114. The maximum atomic E-state index is 13.2. The van der Waals surface area contributed by atoms with Crippen LogP contribution in [0, 0.1) is 5.82 Å². The number of hydrogen-bond acceptors (Lipinski definition) is 5. The highest BCUT2D eigenvalue weighted by Crippen LogP contribution is 2.38. The Balaban J connectivity index is 1.65. The van der Waals surface area contributed by atoms with Gasteiger partial charge >= 0.3 is 0 Å². The smallest absolute Gasteiger partial charge is 0.299 e. The SMILES string of the molecule is O=C1C(=O)N(Cc2nc(C3CC3)no2)c2ccc(F)cc21. The molecule has 0 radical (unpaired) electrons. The third kappa shape index (κ3) is 1.93. The molecule has 1 fully saturated rings. The predicted octanol–water partition coefficient (Wildman–Crippen LogP) is 1.82. The number of ketones is 1. The first kappa shape index (κ1) is 12.2. The van der Waals surface area contributed by atoms with Gasteiger partial charge in [0.25, 0.3) is 11.7 Å². The maximum absolute atomic E-state index is 13.2. The second kappa shape index (κ2) is 4.21. The van der Waals surface area contributed by atoms with Crippen molar-refractivity contribution in [1.82, 2.24) is 10.1 Å². The van der Waals surface area contributed by atoms with Gasteiger partial charge in [-0.2, -0.15) is 4.98 Å². The van der Waals surface area contributed by atoms with E-state index in [2.05, 4.69) is 10.1 Å². The van der Waals surface area contributed by atoms with E-state index in [1.807, 2.05) is 0 Å². The molecule has 0 saturated heterocycles. The number of halogens is 1. The summed E-state index contributed by atoms with van der Waals surface area (Å²) < 4.78 is 18.3. The van der Waals surface area contributed by atoms with Crippen LogP contribution in [0.25, 0.3) is 0 Å². The normalized spacial score (nSPS) is 17.5. The van der Waals surface area contributed by atoms with Gasteiger partial charge in [-0.05, 0) is 31.0 Å². The van der Waals surface area contributed by atoms with Crippen molar-refractivity contribution in [3.05, 3.63) is 41.3 Å². The molecule has 0 bridgehead atoms. The van der Waals surface area contributed by atoms with Crippen LogP contribution in [-0.2, 0) is 11.3 Å². The van der Waals surface area contributed by atoms with Gasteiger partial charge in [0.05, 0.1) is 11.3 Å². The minimum atomic E-state index is -0.716. The number of anilines is 1. The van der Waals surface area contributed by atoms with Crippen molar-refractivity contribution in [2.75, 3.05) is 4.90 Å². The molecule has 0 unspecified atom stereocenters. The summed E-state index contributed by atoms with van der Waals surface area (Å²) in [7, 11) is 0. The lowest BCUT2D eigenvalue weighted by Gasteiger charge is -2.13. The predicted molar refractivity (Wildman–Crippen MR) is 68.2 cm³/mol. The second-order valence-corrected chi connectivity index (χ2v) is 5.20. The lowest BCUT2D eigenvalue weighted by Crippen LogP contribution is -2.29. The van der Waals surface area contributed by atoms with Crippen molar-refractivity contribution in [3.8, 4) is 0 Å². The van der Waals surface area contributed by atoms with Crippen molar-refractivity contribution in [2.24, 2.45) is 0 Å². The van der Waals surface area contributed by atoms with Gasteiger partial charge in [-0.3, -0.25) is 14.5 Å². The molecule has 2 aromatic rings. The molecule has 1 amide bonds. The van der Waals surface area contributed by atoms with Crippen LogP contribution in [0.4, 0.5) is 10.1 Å². The number of Topliss-reactive ketones (excluding diaryl/α,β-unsaturated/α-hetero) is 1. The van der Waals surface area contributed by atoms with Crippen LogP contribution in [0.15, 0.2) is 22.7 Å². The lowest BCUT2D eigenvalue weighted by atomic mass is 10.1. The fourth-order valence-electron chi connectivity index (χ4n) is 2.40. The van der Waals surface area contributed by atoms with E-state index in [9.17, 15) is 14.0 Å². The van der Waals surface area contributed by atoms with Crippen LogP contribution < -0.4 is 4.90 Å². The molecule has 4 rings (SSSR count). The van der Waals surface area contributed by atoms with Crippen molar-refractivity contribution in [1.29, 1.82) is 0 Å². The monoisotopic (exact) mass is 287 g/mol. The quantitative estimate of drug-likeness (QED) is 0.805. The Morgan fingerprint density at radius 3 is 2.90 bits per heavy atom. The first-order chi connectivity index (χ1) is 10.1. The first-order valence-electron chi connectivity index (χ1n) is 6.61. The molecule has 2 heterocycles. The number of hydrogen-bond donors (Lipinski definition) is 0. The van der Waals surface area contributed by atoms with Crippen LogP contribution in [0.1, 0.15) is 40.8 Å². The maximum Gasteiger partial charge on any atom is 0.299 e. The molecule has 106 valence electrons. The molecule has 0 N–H and O–H groups in total. The van der Waals surface area contributed by atoms with E-state index in [0.29, 0.717) is 17.4 Å². The average molecular weight is 287 g/mol. The highest BCUT2D eigenvalue weighted by molar-refractivity contribution is 6.52. The Morgan fingerprint density at radius 2 is 2.14 bits per heavy atom. The van der Waals surface area contributed by atoms with Crippen LogP contribution >= 0.6 is 0 Å². The van der Waals surface area contributed by atoms with Crippen LogP contribution in [0.3, 0.4) is 0 Å². The Bertz CT molecular complexity index is 767. The van der Waals surface area contributed by atoms with Gasteiger partial charge in [0.1, 0.15) is 12.4 Å². The fraction of sp³-hybridized carbons (Fsp3) is 0.286. The van der Waals surface area contributed by atoms with Gasteiger partial charge in [-0.15, -0.1) is 0 Å². The van der Waals surface area contributed by atoms with Crippen molar-refractivity contribution in [3.63, 3.8) is 0 Å². The number of rotatable bonds is 3. The molecule has 2 aliphatic rings. The van der Waals surface area contributed by atoms with Crippen molar-refractivity contribution >= 4 is 17.4 Å². The molecular weight excluding hydrogens is 277 g/mol. The molecule has 1 saturated carbocycles. The minimum absolute atomic E-state index is 0.0168. The molecule has 1 aliphatic heterocycles. The Hall–Kier alpha value is -2.57. The number of nitrogens with zero attached hydrogens (tertiary/aromatic N) is 3. The van der Waals surface area contributed by atoms with Gasteiger partial charge < -0.3 is 4.52 Å². The van der Waals surface area contributed by atoms with Gasteiger partial charge in [0.15, 0.2) is 5.82 Å². The Morgan fingerprint density at radius 1 is 1.33 bits per heavy atom. The topological polar surface area (TPSA) is 76.3 Å². The molecule has 21 heavy (non-hydrogen) atoms. The van der Waals surface area contributed by atoms with Crippen molar-refractivity contribution in [2.45, 2.75) is 25.3 Å². The number of aromatic nitrogens is 2. The van der Waals surface area contributed by atoms with Gasteiger partial charge in [0.2, 0.25) is 5.89 Å². The molecule has 0 atom stereocenters. The van der Waals surface area contributed by atoms with E-state index in [1.165, 1.54) is 17.0 Å². The summed E-state index contributed by atoms with van der Waals surface area (Å²) in [6.45, 7) is 0.0168. The average Bonchev–Trinajstić information content (AvgIpc) is 3.18. The Kier molecular flexibility index (Phi) is 2.44.